The standard InChI is InChI=1S/C21H28N4O.HI/c1-17-9-11-19(12-10-17)16-25(3)21(22-2)23-14-13-20(26)24-15-18-7-5-4-6-8-18;/h4-12H,13-16H2,1-3H3,(H,22,23)(H,24,26);1H. The monoisotopic (exact) mass is 480 g/mol. The first kappa shape index (κ1) is 23.0. The molecule has 0 unspecified atom stereocenters. The maximum atomic E-state index is 12.0. The lowest BCUT2D eigenvalue weighted by Gasteiger charge is -2.22. The number of rotatable bonds is 7. The Hall–Kier alpha value is -2.09. The minimum Gasteiger partial charge on any atom is -0.356 e. The molecule has 0 saturated heterocycles. The van der Waals surface area contributed by atoms with Crippen molar-refractivity contribution >= 4 is 35.8 Å². The summed E-state index contributed by atoms with van der Waals surface area (Å²) in [5, 5.41) is 6.18. The summed E-state index contributed by atoms with van der Waals surface area (Å²) in [6.45, 7) is 3.95. The summed E-state index contributed by atoms with van der Waals surface area (Å²) >= 11 is 0. The summed E-state index contributed by atoms with van der Waals surface area (Å²) < 4.78 is 0. The largest absolute Gasteiger partial charge is 0.356 e. The number of aryl methyl sites for hydroxylation is 1. The maximum absolute atomic E-state index is 12.0. The van der Waals surface area contributed by atoms with Crippen LogP contribution in [0.15, 0.2) is 59.6 Å². The van der Waals surface area contributed by atoms with E-state index in [4.69, 9.17) is 0 Å². The molecule has 0 radical (unpaired) electrons. The molecule has 2 aromatic rings. The van der Waals surface area contributed by atoms with Gasteiger partial charge in [-0.3, -0.25) is 9.79 Å². The van der Waals surface area contributed by atoms with Gasteiger partial charge in [-0.05, 0) is 18.1 Å². The fraction of sp³-hybridized carbons (Fsp3) is 0.333. The van der Waals surface area contributed by atoms with E-state index >= 15 is 0 Å². The molecule has 0 atom stereocenters. The van der Waals surface area contributed by atoms with Crippen molar-refractivity contribution in [2.75, 3.05) is 20.6 Å². The summed E-state index contributed by atoms with van der Waals surface area (Å²) in [7, 11) is 3.74. The Kier molecular flexibility index (Phi) is 10.5. The number of carbonyl (C=O) groups is 1. The molecule has 5 nitrogen and oxygen atoms in total. The molecular formula is C21H29IN4O. The van der Waals surface area contributed by atoms with E-state index in [1.807, 2.05) is 42.3 Å². The predicted octanol–water partition coefficient (Wildman–Crippen LogP) is 3.33. The first-order chi connectivity index (χ1) is 12.6. The quantitative estimate of drug-likeness (QED) is 0.363. The third-order valence-corrected chi connectivity index (χ3v) is 4.08. The van der Waals surface area contributed by atoms with Gasteiger partial charge < -0.3 is 15.5 Å². The number of nitrogens with zero attached hydrogens (tertiary/aromatic N) is 2. The van der Waals surface area contributed by atoms with Crippen LogP contribution >= 0.6 is 24.0 Å². The van der Waals surface area contributed by atoms with Crippen molar-refractivity contribution in [2.24, 2.45) is 4.99 Å². The number of carbonyl (C=O) groups excluding carboxylic acids is 1. The van der Waals surface area contributed by atoms with E-state index < -0.39 is 0 Å². The van der Waals surface area contributed by atoms with E-state index in [0.717, 1.165) is 18.1 Å². The third-order valence-electron chi connectivity index (χ3n) is 4.08. The molecule has 2 rings (SSSR count). The molecule has 1 amide bonds. The number of hydrogen-bond donors (Lipinski definition) is 2. The molecule has 0 aliphatic rings. The van der Waals surface area contributed by atoms with E-state index in [2.05, 4.69) is 46.8 Å². The second-order valence-electron chi connectivity index (χ2n) is 6.33. The van der Waals surface area contributed by atoms with Crippen molar-refractivity contribution in [1.29, 1.82) is 0 Å². The van der Waals surface area contributed by atoms with Gasteiger partial charge in [-0.25, -0.2) is 0 Å². The number of halogens is 1. The number of benzene rings is 2. The van der Waals surface area contributed by atoms with Gasteiger partial charge in [0.25, 0.3) is 0 Å². The molecule has 0 bridgehead atoms. The van der Waals surface area contributed by atoms with Crippen LogP contribution in [0.5, 0.6) is 0 Å². The molecular weight excluding hydrogens is 451 g/mol. The van der Waals surface area contributed by atoms with E-state index in [0.29, 0.717) is 19.5 Å². The van der Waals surface area contributed by atoms with Crippen LogP contribution in [0.4, 0.5) is 0 Å². The molecule has 2 N–H and O–H groups in total. The first-order valence-corrected chi connectivity index (χ1v) is 8.86. The normalized spacial score (nSPS) is 10.7. The highest BCUT2D eigenvalue weighted by atomic mass is 127. The summed E-state index contributed by atoms with van der Waals surface area (Å²) in [5.41, 5.74) is 3.57. The minimum atomic E-state index is 0. The molecule has 0 fully saturated rings. The van der Waals surface area contributed by atoms with Gasteiger partial charge >= 0.3 is 0 Å². The fourth-order valence-electron chi connectivity index (χ4n) is 2.60. The summed E-state index contributed by atoms with van der Waals surface area (Å²) in [5.74, 6) is 0.805. The topological polar surface area (TPSA) is 56.7 Å². The number of guanidine groups is 1. The molecule has 0 heterocycles. The molecule has 146 valence electrons. The molecule has 0 aliphatic carbocycles. The highest BCUT2D eigenvalue weighted by Gasteiger charge is 2.08. The highest BCUT2D eigenvalue weighted by Crippen LogP contribution is 2.06. The molecule has 6 heteroatoms. The predicted molar refractivity (Wildman–Crippen MR) is 122 cm³/mol. The number of aliphatic imine (C=N–C) groups is 1. The van der Waals surface area contributed by atoms with Crippen LogP contribution < -0.4 is 10.6 Å². The van der Waals surface area contributed by atoms with Gasteiger partial charge in [0.15, 0.2) is 5.96 Å². The van der Waals surface area contributed by atoms with Crippen molar-refractivity contribution in [3.05, 3.63) is 71.3 Å². The maximum Gasteiger partial charge on any atom is 0.222 e. The molecule has 0 aromatic heterocycles. The SMILES string of the molecule is CN=C(NCCC(=O)NCc1ccccc1)N(C)Cc1ccc(C)cc1.I. The van der Waals surface area contributed by atoms with E-state index in [1.165, 1.54) is 11.1 Å². The average Bonchev–Trinajstić information content (AvgIpc) is 2.66. The zero-order chi connectivity index (χ0) is 18.8. The summed E-state index contributed by atoms with van der Waals surface area (Å²) in [4.78, 5) is 18.3. The van der Waals surface area contributed by atoms with Gasteiger partial charge in [-0.15, -0.1) is 24.0 Å². The van der Waals surface area contributed by atoms with Crippen LogP contribution in [0.2, 0.25) is 0 Å². The molecule has 0 saturated carbocycles. The van der Waals surface area contributed by atoms with Gasteiger partial charge in [0.2, 0.25) is 5.91 Å². The average molecular weight is 480 g/mol. The van der Waals surface area contributed by atoms with Crippen molar-refractivity contribution in [3.8, 4) is 0 Å². The number of nitrogens with one attached hydrogen (secondary N) is 2. The second kappa shape index (κ2) is 12.3. The van der Waals surface area contributed by atoms with Crippen LogP contribution in [0, 0.1) is 6.92 Å². The molecule has 2 aromatic carbocycles. The van der Waals surface area contributed by atoms with Crippen molar-refractivity contribution < 1.29 is 4.79 Å². The molecule has 0 aliphatic heterocycles. The van der Waals surface area contributed by atoms with Crippen LogP contribution in [0.1, 0.15) is 23.1 Å². The fourth-order valence-corrected chi connectivity index (χ4v) is 2.60. The van der Waals surface area contributed by atoms with Crippen LogP contribution in [0.3, 0.4) is 0 Å². The second-order valence-corrected chi connectivity index (χ2v) is 6.33. The zero-order valence-corrected chi connectivity index (χ0v) is 18.6. The Balaban J connectivity index is 0.00000364. The van der Waals surface area contributed by atoms with Crippen molar-refractivity contribution in [2.45, 2.75) is 26.4 Å². The minimum absolute atomic E-state index is 0. The number of hydrogen-bond acceptors (Lipinski definition) is 2. The van der Waals surface area contributed by atoms with Crippen LogP contribution in [-0.4, -0.2) is 37.4 Å². The van der Waals surface area contributed by atoms with Crippen molar-refractivity contribution in [1.82, 2.24) is 15.5 Å². The lowest BCUT2D eigenvalue weighted by Crippen LogP contribution is -2.40. The summed E-state index contributed by atoms with van der Waals surface area (Å²) in [6, 6.07) is 18.4. The lowest BCUT2D eigenvalue weighted by molar-refractivity contribution is -0.121. The molecule has 0 spiro atoms. The van der Waals surface area contributed by atoms with E-state index in [1.54, 1.807) is 7.05 Å². The van der Waals surface area contributed by atoms with E-state index in [9.17, 15) is 4.79 Å². The molecule has 27 heavy (non-hydrogen) atoms. The van der Waals surface area contributed by atoms with E-state index in [-0.39, 0.29) is 29.9 Å². The smallest absolute Gasteiger partial charge is 0.222 e. The highest BCUT2D eigenvalue weighted by molar-refractivity contribution is 14.0. The van der Waals surface area contributed by atoms with Crippen LogP contribution in [0.25, 0.3) is 0 Å². The Bertz CT molecular complexity index is 717. The third kappa shape index (κ3) is 8.43. The Morgan fingerprint density at radius 1 is 1.00 bits per heavy atom. The first-order valence-electron chi connectivity index (χ1n) is 8.86. The Morgan fingerprint density at radius 3 is 2.30 bits per heavy atom. The van der Waals surface area contributed by atoms with Gasteiger partial charge in [0, 0.05) is 40.2 Å². The Morgan fingerprint density at radius 2 is 1.67 bits per heavy atom. The Labute approximate surface area is 179 Å². The number of amides is 1. The van der Waals surface area contributed by atoms with Crippen molar-refractivity contribution in [3.63, 3.8) is 0 Å². The van der Waals surface area contributed by atoms with Gasteiger partial charge in [0.1, 0.15) is 0 Å². The zero-order valence-electron chi connectivity index (χ0n) is 16.2. The van der Waals surface area contributed by atoms with Crippen LogP contribution in [-0.2, 0) is 17.9 Å². The van der Waals surface area contributed by atoms with Gasteiger partial charge in [0.05, 0.1) is 0 Å². The summed E-state index contributed by atoms with van der Waals surface area (Å²) in [6.07, 6.45) is 0.407. The van der Waals surface area contributed by atoms with Gasteiger partial charge in [-0.1, -0.05) is 60.2 Å². The lowest BCUT2D eigenvalue weighted by atomic mass is 10.1. The van der Waals surface area contributed by atoms with Gasteiger partial charge in [-0.2, -0.15) is 0 Å².